The Morgan fingerprint density at radius 1 is 0.806 bits per heavy atom. The summed E-state index contributed by atoms with van der Waals surface area (Å²) in [6.07, 6.45) is 4.00. The van der Waals surface area contributed by atoms with E-state index in [1.54, 1.807) is 39.8 Å². The average Bonchev–Trinajstić information content (AvgIpc) is 2.65. The molecule has 0 heterocycles. The molecule has 1 fully saturated rings. The van der Waals surface area contributed by atoms with Crippen molar-refractivity contribution in [3.8, 4) is 0 Å². The molecule has 5 nitrogen and oxygen atoms in total. The van der Waals surface area contributed by atoms with Crippen LogP contribution < -0.4 is 34.7 Å². The fourth-order valence-electron chi connectivity index (χ4n) is 3.75. The van der Waals surface area contributed by atoms with E-state index in [1.165, 1.54) is 12.1 Å². The third kappa shape index (κ3) is 8.63. The normalized spacial score (nSPS) is 18.7. The van der Waals surface area contributed by atoms with Gasteiger partial charge in [0.15, 0.2) is 5.78 Å². The Labute approximate surface area is 208 Å². The molecule has 1 saturated carbocycles. The van der Waals surface area contributed by atoms with Gasteiger partial charge in [0, 0.05) is 33.8 Å². The summed E-state index contributed by atoms with van der Waals surface area (Å²) < 4.78 is 0. The van der Waals surface area contributed by atoms with Crippen LogP contribution in [0.5, 0.6) is 0 Å². The first-order chi connectivity index (χ1) is 13.7. The maximum atomic E-state index is 12.2. The number of rotatable bonds is 4. The van der Waals surface area contributed by atoms with Gasteiger partial charge in [0.05, 0.1) is 5.97 Å². The zero-order valence-corrected chi connectivity index (χ0v) is 22.3. The van der Waals surface area contributed by atoms with Crippen LogP contribution in [-0.2, 0) is 9.59 Å². The van der Waals surface area contributed by atoms with Gasteiger partial charge >= 0.3 is 29.6 Å². The summed E-state index contributed by atoms with van der Waals surface area (Å²) in [6.45, 7) is 12.7. The molecule has 31 heavy (non-hydrogen) atoms. The Kier molecular flexibility index (Phi) is 11.6. The predicted molar refractivity (Wildman–Crippen MR) is 115 cm³/mol. The van der Waals surface area contributed by atoms with Crippen LogP contribution in [-0.4, -0.2) is 23.3 Å². The Hall–Kier alpha value is -1.30. The molecule has 6 heteroatoms. The summed E-state index contributed by atoms with van der Waals surface area (Å²) in [5, 5.41) is 10.8. The molecule has 1 aromatic rings. The van der Waals surface area contributed by atoms with Crippen LogP contribution in [0, 0.1) is 22.7 Å². The van der Waals surface area contributed by atoms with Gasteiger partial charge in [0.25, 0.3) is 0 Å². The van der Waals surface area contributed by atoms with Gasteiger partial charge in [-0.2, -0.15) is 0 Å². The number of carbonyl (C=O) groups is 4. The quantitative estimate of drug-likeness (QED) is 0.522. The van der Waals surface area contributed by atoms with E-state index in [2.05, 4.69) is 0 Å². The molecule has 0 aromatic heterocycles. The average molecular weight is 439 g/mol. The van der Waals surface area contributed by atoms with Gasteiger partial charge in [0.2, 0.25) is 0 Å². The Bertz CT molecular complexity index is 799. The molecule has 1 aliphatic rings. The van der Waals surface area contributed by atoms with Gasteiger partial charge in [-0.05, 0) is 19.8 Å². The zero-order valence-electron chi connectivity index (χ0n) is 20.3. The second-order valence-corrected chi connectivity index (χ2v) is 10.1. The minimum absolute atomic E-state index is 0. The summed E-state index contributed by atoms with van der Waals surface area (Å²) in [6, 6.07) is 6.11. The maximum Gasteiger partial charge on any atom is 1.00 e. The standard InChI is InChI=1S/C13H22O2.C12H14O3.Na/c1-9(14)10-7-5-6-8-11(10)12(15)13(2,3)4;1-12(2,3)10(13)8-6-4-5-7-9(8)11(14)15;/h10-11H,5-8H2,1-4H3;4-7H,1-3H3,(H,14,15);/q;;+1/p-1. The first-order valence-corrected chi connectivity index (χ1v) is 10.6. The van der Waals surface area contributed by atoms with Gasteiger partial charge in [-0.1, -0.05) is 78.6 Å². The fourth-order valence-corrected chi connectivity index (χ4v) is 3.75. The third-order valence-electron chi connectivity index (χ3n) is 5.44. The van der Waals surface area contributed by atoms with Crippen molar-refractivity contribution in [2.75, 3.05) is 0 Å². The van der Waals surface area contributed by atoms with Gasteiger partial charge < -0.3 is 9.90 Å². The van der Waals surface area contributed by atoms with E-state index in [9.17, 15) is 24.3 Å². The molecule has 1 aromatic carbocycles. The molecule has 0 radical (unpaired) electrons. The summed E-state index contributed by atoms with van der Waals surface area (Å²) in [5.41, 5.74) is -0.733. The number of carboxylic acids is 1. The van der Waals surface area contributed by atoms with E-state index in [4.69, 9.17) is 0 Å². The number of carbonyl (C=O) groups excluding carboxylic acids is 4. The van der Waals surface area contributed by atoms with Crippen LogP contribution in [0.3, 0.4) is 0 Å². The van der Waals surface area contributed by atoms with Crippen molar-refractivity contribution in [3.05, 3.63) is 35.4 Å². The zero-order chi connectivity index (χ0) is 23.3. The van der Waals surface area contributed by atoms with Crippen molar-refractivity contribution >= 4 is 23.3 Å². The minimum atomic E-state index is -1.32. The molecule has 1 aliphatic carbocycles. The van der Waals surface area contributed by atoms with E-state index < -0.39 is 11.4 Å². The van der Waals surface area contributed by atoms with Gasteiger partial charge in [0.1, 0.15) is 11.6 Å². The molecule has 0 spiro atoms. The molecule has 0 saturated heterocycles. The number of carboxylic acid groups (broad SMARTS) is 1. The molecule has 2 unspecified atom stereocenters. The number of benzene rings is 1. The van der Waals surface area contributed by atoms with E-state index in [0.29, 0.717) is 0 Å². The fraction of sp³-hybridized carbons (Fsp3) is 0.600. The van der Waals surface area contributed by atoms with Crippen LogP contribution in [0.2, 0.25) is 0 Å². The molecule has 0 aliphatic heterocycles. The summed E-state index contributed by atoms with van der Waals surface area (Å²) in [7, 11) is 0. The van der Waals surface area contributed by atoms with Gasteiger partial charge in [-0.25, -0.2) is 0 Å². The summed E-state index contributed by atoms with van der Waals surface area (Å²) >= 11 is 0. The molecule has 0 amide bonds. The summed E-state index contributed by atoms with van der Waals surface area (Å²) in [5.74, 6) is -1.08. The van der Waals surface area contributed by atoms with Crippen molar-refractivity contribution in [3.63, 3.8) is 0 Å². The predicted octanol–water partition coefficient (Wildman–Crippen LogP) is 1.28. The molecule has 2 rings (SSSR count). The largest absolute Gasteiger partial charge is 1.00 e. The number of Topliss-reactive ketones (excluding diaryl/α,β-unsaturated/α-hetero) is 3. The third-order valence-corrected chi connectivity index (χ3v) is 5.44. The van der Waals surface area contributed by atoms with Crippen LogP contribution in [0.25, 0.3) is 0 Å². The van der Waals surface area contributed by atoms with Crippen LogP contribution >= 0.6 is 0 Å². The molecular formula is C25H35NaO5. The second-order valence-electron chi connectivity index (χ2n) is 10.1. The number of aromatic carboxylic acids is 1. The van der Waals surface area contributed by atoms with Crippen molar-refractivity contribution in [2.24, 2.45) is 22.7 Å². The van der Waals surface area contributed by atoms with Crippen molar-refractivity contribution in [1.82, 2.24) is 0 Å². The SMILES string of the molecule is CC(=O)C1CCCCC1C(=O)C(C)(C)C.CC(C)(C)C(=O)c1ccccc1C(=O)[O-].[Na+]. The van der Waals surface area contributed by atoms with Crippen LogP contribution in [0.15, 0.2) is 24.3 Å². The van der Waals surface area contributed by atoms with Gasteiger partial charge in [-0.15, -0.1) is 0 Å². The Balaban J connectivity index is 0.000000562. The smallest absolute Gasteiger partial charge is 0.545 e. The van der Waals surface area contributed by atoms with E-state index in [-0.39, 0.29) is 75.3 Å². The Morgan fingerprint density at radius 3 is 1.65 bits per heavy atom. The van der Waals surface area contributed by atoms with E-state index in [1.807, 2.05) is 20.8 Å². The monoisotopic (exact) mass is 438 g/mol. The van der Waals surface area contributed by atoms with Crippen LogP contribution in [0.4, 0.5) is 0 Å². The molecular weight excluding hydrogens is 403 g/mol. The van der Waals surface area contributed by atoms with Crippen LogP contribution in [0.1, 0.15) is 94.9 Å². The Morgan fingerprint density at radius 2 is 1.26 bits per heavy atom. The molecule has 2 atom stereocenters. The van der Waals surface area contributed by atoms with E-state index >= 15 is 0 Å². The maximum absolute atomic E-state index is 12.2. The van der Waals surface area contributed by atoms with Crippen molar-refractivity contribution in [1.29, 1.82) is 0 Å². The molecule has 166 valence electrons. The van der Waals surface area contributed by atoms with E-state index in [0.717, 1.165) is 25.7 Å². The second kappa shape index (κ2) is 12.1. The number of ketones is 3. The number of hydrogen-bond acceptors (Lipinski definition) is 5. The van der Waals surface area contributed by atoms with Crippen molar-refractivity contribution < 1.29 is 53.8 Å². The topological polar surface area (TPSA) is 91.3 Å². The first-order valence-electron chi connectivity index (χ1n) is 10.6. The number of hydrogen-bond donors (Lipinski definition) is 0. The van der Waals surface area contributed by atoms with Crippen molar-refractivity contribution in [2.45, 2.75) is 74.1 Å². The molecule has 0 N–H and O–H groups in total. The summed E-state index contributed by atoms with van der Waals surface area (Å²) in [4.78, 5) is 46.4. The van der Waals surface area contributed by atoms with Gasteiger partial charge in [-0.3, -0.25) is 14.4 Å². The first kappa shape index (κ1) is 29.7. The molecule has 0 bridgehead atoms. The minimum Gasteiger partial charge on any atom is -0.545 e.